The molecule has 0 spiro atoms. The number of imidazole rings is 1. The lowest BCUT2D eigenvalue weighted by atomic mass is 10.00. The number of hydrogen-bond acceptors (Lipinski definition) is 3. The Morgan fingerprint density at radius 3 is 2.10 bits per heavy atom. The quantitative estimate of drug-likeness (QED) is 0.407. The largest absolute Gasteiger partial charge is 0.348 e. The lowest BCUT2D eigenvalue weighted by Crippen LogP contribution is -2.34. The number of rotatable bonds is 8. The van der Waals surface area contributed by atoms with Gasteiger partial charge in [0.1, 0.15) is 0 Å². The summed E-state index contributed by atoms with van der Waals surface area (Å²) in [5.41, 5.74) is 12.5. The van der Waals surface area contributed by atoms with E-state index in [1.54, 1.807) is 12.5 Å². The average Bonchev–Trinajstić information content (AvgIpc) is 3.32. The molecule has 4 rings (SSSR count). The summed E-state index contributed by atoms with van der Waals surface area (Å²) < 4.78 is 0. The van der Waals surface area contributed by atoms with Crippen LogP contribution in [0.5, 0.6) is 0 Å². The molecule has 0 amide bonds. The highest BCUT2D eigenvalue weighted by atomic mass is 16.1. The summed E-state index contributed by atoms with van der Waals surface area (Å²) in [5.74, 6) is 0.0244. The van der Waals surface area contributed by atoms with Crippen molar-refractivity contribution in [3.05, 3.63) is 114 Å². The maximum atomic E-state index is 12.4. The van der Waals surface area contributed by atoms with E-state index in [9.17, 15) is 4.79 Å². The molecule has 0 aliphatic carbocycles. The van der Waals surface area contributed by atoms with E-state index in [0.717, 1.165) is 22.4 Å². The molecule has 31 heavy (non-hydrogen) atoms. The molecule has 0 fully saturated rings. The van der Waals surface area contributed by atoms with Crippen molar-refractivity contribution in [2.75, 3.05) is 0 Å². The van der Waals surface area contributed by atoms with Crippen molar-refractivity contribution in [2.24, 2.45) is 5.73 Å². The Morgan fingerprint density at radius 2 is 1.48 bits per heavy atom. The summed E-state index contributed by atoms with van der Waals surface area (Å²) in [6.45, 7) is 0. The predicted octanol–water partition coefficient (Wildman–Crippen LogP) is 4.93. The molecule has 3 N–H and O–H groups in total. The van der Waals surface area contributed by atoms with Crippen molar-refractivity contribution in [1.29, 1.82) is 0 Å². The molecular weight excluding hydrogens is 382 g/mol. The molecule has 4 heteroatoms. The molecule has 1 atom stereocenters. The van der Waals surface area contributed by atoms with E-state index in [2.05, 4.69) is 58.5 Å². The van der Waals surface area contributed by atoms with Gasteiger partial charge in [0.25, 0.3) is 0 Å². The highest BCUT2D eigenvalue weighted by molar-refractivity contribution is 5.86. The Bertz CT molecular complexity index is 1130. The smallest absolute Gasteiger partial charge is 0.154 e. The van der Waals surface area contributed by atoms with Gasteiger partial charge in [-0.15, -0.1) is 0 Å². The molecule has 0 radical (unpaired) electrons. The van der Waals surface area contributed by atoms with Crippen molar-refractivity contribution in [2.45, 2.75) is 18.9 Å². The van der Waals surface area contributed by atoms with Crippen LogP contribution in [-0.4, -0.2) is 21.8 Å². The van der Waals surface area contributed by atoms with Gasteiger partial charge in [0.15, 0.2) is 5.78 Å². The number of Topliss-reactive ketones (excluding diaryl/α,β-unsaturated/α-hetero) is 1. The third kappa shape index (κ3) is 5.65. The first-order valence-electron chi connectivity index (χ1n) is 10.4. The number of H-pyrrole nitrogens is 1. The number of aromatic amines is 1. The summed E-state index contributed by atoms with van der Waals surface area (Å²) in [4.78, 5) is 19.3. The standard InChI is InChI=1S/C27H25N3O/c28-26(17-25-18-29-19-30-25)27(31)16-22-10-8-20(9-11-22)6-7-21-12-14-24(15-13-21)23-4-2-1-3-5-23/h1-15,18-19,26H,16-17,28H2,(H,29,30)/b7-6+/t26-/m0/s1. The fourth-order valence-electron chi connectivity index (χ4n) is 3.44. The molecule has 4 aromatic rings. The van der Waals surface area contributed by atoms with Crippen molar-refractivity contribution in [3.63, 3.8) is 0 Å². The second-order valence-corrected chi connectivity index (χ2v) is 7.59. The molecular formula is C27H25N3O. The zero-order chi connectivity index (χ0) is 21.5. The van der Waals surface area contributed by atoms with E-state index in [1.165, 1.54) is 11.1 Å². The average molecular weight is 408 g/mol. The van der Waals surface area contributed by atoms with Crippen LogP contribution in [0.1, 0.15) is 22.4 Å². The fourth-order valence-corrected chi connectivity index (χ4v) is 3.44. The SMILES string of the molecule is N[C@@H](Cc1cnc[nH]1)C(=O)Cc1ccc(/C=C/c2ccc(-c3ccccc3)cc2)cc1. The first-order valence-corrected chi connectivity index (χ1v) is 10.4. The molecule has 1 aromatic heterocycles. The number of nitrogens with two attached hydrogens (primary N) is 1. The first kappa shape index (κ1) is 20.5. The summed E-state index contributed by atoms with van der Waals surface area (Å²) in [5, 5.41) is 0. The van der Waals surface area contributed by atoms with E-state index < -0.39 is 6.04 Å². The lowest BCUT2D eigenvalue weighted by Gasteiger charge is -2.09. The molecule has 0 saturated heterocycles. The number of ketones is 1. The van der Waals surface area contributed by atoms with Gasteiger partial charge in [0.2, 0.25) is 0 Å². The van der Waals surface area contributed by atoms with Gasteiger partial charge in [-0.3, -0.25) is 4.79 Å². The third-order valence-corrected chi connectivity index (χ3v) is 5.25. The maximum Gasteiger partial charge on any atom is 0.154 e. The first-order chi connectivity index (χ1) is 15.2. The molecule has 0 saturated carbocycles. The summed E-state index contributed by atoms with van der Waals surface area (Å²) in [6.07, 6.45) is 8.27. The van der Waals surface area contributed by atoms with E-state index in [0.29, 0.717) is 12.8 Å². The van der Waals surface area contributed by atoms with Crippen LogP contribution >= 0.6 is 0 Å². The van der Waals surface area contributed by atoms with Gasteiger partial charge in [-0.1, -0.05) is 91.0 Å². The monoisotopic (exact) mass is 407 g/mol. The van der Waals surface area contributed by atoms with Crippen molar-refractivity contribution in [1.82, 2.24) is 9.97 Å². The van der Waals surface area contributed by atoms with Crippen LogP contribution in [0, 0.1) is 0 Å². The van der Waals surface area contributed by atoms with Crippen LogP contribution in [0.3, 0.4) is 0 Å². The van der Waals surface area contributed by atoms with Crippen molar-refractivity contribution >= 4 is 17.9 Å². The molecule has 0 aliphatic rings. The van der Waals surface area contributed by atoms with Gasteiger partial charge >= 0.3 is 0 Å². The number of carbonyl (C=O) groups is 1. The number of benzene rings is 3. The second kappa shape index (κ2) is 9.83. The topological polar surface area (TPSA) is 71.8 Å². The maximum absolute atomic E-state index is 12.4. The molecule has 0 unspecified atom stereocenters. The van der Waals surface area contributed by atoms with Crippen molar-refractivity contribution < 1.29 is 4.79 Å². The van der Waals surface area contributed by atoms with Crippen LogP contribution in [0.2, 0.25) is 0 Å². The second-order valence-electron chi connectivity index (χ2n) is 7.59. The van der Waals surface area contributed by atoms with E-state index >= 15 is 0 Å². The summed E-state index contributed by atoms with van der Waals surface area (Å²) >= 11 is 0. The number of aromatic nitrogens is 2. The highest BCUT2D eigenvalue weighted by Crippen LogP contribution is 2.20. The van der Waals surface area contributed by atoms with Gasteiger partial charge in [-0.05, 0) is 27.8 Å². The molecule has 0 bridgehead atoms. The van der Waals surface area contributed by atoms with Gasteiger partial charge < -0.3 is 10.7 Å². The van der Waals surface area contributed by atoms with Gasteiger partial charge in [-0.25, -0.2) is 4.98 Å². The van der Waals surface area contributed by atoms with Crippen LogP contribution in [0.15, 0.2) is 91.4 Å². The normalized spacial score (nSPS) is 12.2. The number of hydrogen-bond donors (Lipinski definition) is 2. The third-order valence-electron chi connectivity index (χ3n) is 5.25. The predicted molar refractivity (Wildman–Crippen MR) is 126 cm³/mol. The number of nitrogens with zero attached hydrogens (tertiary/aromatic N) is 1. The zero-order valence-electron chi connectivity index (χ0n) is 17.2. The van der Waals surface area contributed by atoms with E-state index in [1.807, 2.05) is 42.5 Å². The zero-order valence-corrected chi connectivity index (χ0v) is 17.2. The van der Waals surface area contributed by atoms with Gasteiger partial charge in [0, 0.05) is 24.7 Å². The number of nitrogens with one attached hydrogen (secondary N) is 1. The van der Waals surface area contributed by atoms with Gasteiger partial charge in [0.05, 0.1) is 12.4 Å². The summed E-state index contributed by atoms with van der Waals surface area (Å²) in [7, 11) is 0. The molecule has 4 nitrogen and oxygen atoms in total. The van der Waals surface area contributed by atoms with E-state index in [4.69, 9.17) is 5.73 Å². The molecule has 3 aromatic carbocycles. The minimum atomic E-state index is -0.529. The highest BCUT2D eigenvalue weighted by Gasteiger charge is 2.15. The van der Waals surface area contributed by atoms with Crippen LogP contribution in [0.4, 0.5) is 0 Å². The minimum absolute atomic E-state index is 0.0244. The molecule has 154 valence electrons. The van der Waals surface area contributed by atoms with Crippen molar-refractivity contribution in [3.8, 4) is 11.1 Å². The minimum Gasteiger partial charge on any atom is -0.348 e. The Balaban J connectivity index is 1.33. The lowest BCUT2D eigenvalue weighted by molar-refractivity contribution is -0.119. The Labute approximate surface area is 182 Å². The summed E-state index contributed by atoms with van der Waals surface area (Å²) in [6, 6.07) is 26.3. The van der Waals surface area contributed by atoms with Gasteiger partial charge in [-0.2, -0.15) is 0 Å². The van der Waals surface area contributed by atoms with Crippen LogP contribution in [-0.2, 0) is 17.6 Å². The Kier molecular flexibility index (Phi) is 6.50. The molecule has 1 heterocycles. The Hall–Kier alpha value is -3.76. The van der Waals surface area contributed by atoms with Crippen LogP contribution in [0.25, 0.3) is 23.3 Å². The van der Waals surface area contributed by atoms with E-state index in [-0.39, 0.29) is 5.78 Å². The molecule has 0 aliphatic heterocycles. The number of carbonyl (C=O) groups excluding carboxylic acids is 1. The fraction of sp³-hybridized carbons (Fsp3) is 0.111. The Morgan fingerprint density at radius 1 is 0.871 bits per heavy atom. The van der Waals surface area contributed by atoms with Crippen LogP contribution < -0.4 is 5.73 Å².